The van der Waals surface area contributed by atoms with Crippen molar-refractivity contribution in [1.29, 1.82) is 0 Å². The SMILES string of the molecule is CCN(CC)CCN(Cc1ccc(-c2ccc(C(F)(F)F)cc2)s1)C(=O)Cn1c(CCc2cccc(F)c2F)nc(=O)c2ccccc21. The average Bonchev–Trinajstić information content (AvgIpc) is 3.55. The van der Waals surface area contributed by atoms with E-state index in [1.807, 2.05) is 26.0 Å². The van der Waals surface area contributed by atoms with Gasteiger partial charge in [-0.05, 0) is 73.1 Å². The molecule has 2 heterocycles. The molecule has 0 N–H and O–H groups in total. The minimum Gasteiger partial charge on any atom is -0.335 e. The third-order valence-electron chi connectivity index (χ3n) is 8.35. The van der Waals surface area contributed by atoms with Crippen LogP contribution in [0.2, 0.25) is 0 Å². The standard InChI is InChI=1S/C36H35F5N4O2S/c1-3-43(4-2)20-21-44(22-27-17-18-31(48-27)24-12-15-26(16-13-24)36(39,40)41)33(46)23-45-30-11-6-5-9-28(30)35(47)42-32(45)19-14-25-8-7-10-29(37)34(25)38/h5-13,15-18H,3-4,14,19-23H2,1-2H3. The Balaban J connectivity index is 1.43. The number of fused-ring (bicyclic) bond motifs is 1. The van der Waals surface area contributed by atoms with E-state index in [2.05, 4.69) is 9.88 Å². The second-order valence-electron chi connectivity index (χ2n) is 11.3. The van der Waals surface area contributed by atoms with Crippen LogP contribution in [0.1, 0.15) is 35.7 Å². The molecule has 252 valence electrons. The smallest absolute Gasteiger partial charge is 0.335 e. The first-order chi connectivity index (χ1) is 23.0. The van der Waals surface area contributed by atoms with E-state index in [1.165, 1.54) is 35.6 Å². The molecule has 0 aliphatic rings. The molecule has 6 nitrogen and oxygen atoms in total. The number of halogens is 5. The van der Waals surface area contributed by atoms with Crippen molar-refractivity contribution in [3.63, 3.8) is 0 Å². The summed E-state index contributed by atoms with van der Waals surface area (Å²) in [6, 6.07) is 19.4. The molecule has 0 unspecified atom stereocenters. The minimum absolute atomic E-state index is 0.0656. The fourth-order valence-corrected chi connectivity index (χ4v) is 6.61. The van der Waals surface area contributed by atoms with Crippen molar-refractivity contribution in [3.8, 4) is 10.4 Å². The van der Waals surface area contributed by atoms with Crippen LogP contribution in [0.5, 0.6) is 0 Å². The van der Waals surface area contributed by atoms with Gasteiger partial charge in [-0.3, -0.25) is 9.59 Å². The summed E-state index contributed by atoms with van der Waals surface area (Å²) in [7, 11) is 0. The van der Waals surface area contributed by atoms with E-state index < -0.39 is 28.9 Å². The first-order valence-electron chi connectivity index (χ1n) is 15.7. The van der Waals surface area contributed by atoms with E-state index in [9.17, 15) is 31.5 Å². The number of alkyl halides is 3. The fourth-order valence-electron chi connectivity index (χ4n) is 5.58. The quantitative estimate of drug-likeness (QED) is 0.120. The topological polar surface area (TPSA) is 58.4 Å². The van der Waals surface area contributed by atoms with E-state index in [0.29, 0.717) is 29.6 Å². The number of thiophene rings is 1. The zero-order valence-electron chi connectivity index (χ0n) is 26.6. The lowest BCUT2D eigenvalue weighted by molar-refractivity contribution is -0.137. The molecule has 5 aromatic rings. The number of likely N-dealkylation sites (N-methyl/N-ethyl adjacent to an activating group) is 1. The van der Waals surface area contributed by atoms with E-state index in [4.69, 9.17) is 0 Å². The van der Waals surface area contributed by atoms with Crippen LogP contribution in [-0.2, 0) is 36.9 Å². The highest BCUT2D eigenvalue weighted by Crippen LogP contribution is 2.33. The average molecular weight is 683 g/mol. The number of hydrogen-bond acceptors (Lipinski definition) is 5. The van der Waals surface area contributed by atoms with Crippen LogP contribution < -0.4 is 5.56 Å². The number of rotatable bonds is 13. The molecule has 0 aliphatic carbocycles. The van der Waals surface area contributed by atoms with Crippen molar-refractivity contribution in [3.05, 3.63) is 123 Å². The maximum atomic E-state index is 14.5. The Morgan fingerprint density at radius 2 is 1.60 bits per heavy atom. The van der Waals surface area contributed by atoms with Gasteiger partial charge >= 0.3 is 6.18 Å². The van der Waals surface area contributed by atoms with E-state index in [0.717, 1.165) is 41.0 Å². The Kier molecular flexibility index (Phi) is 11.1. The molecule has 1 amide bonds. The molecule has 0 saturated heterocycles. The summed E-state index contributed by atoms with van der Waals surface area (Å²) < 4.78 is 69.3. The summed E-state index contributed by atoms with van der Waals surface area (Å²) in [6.07, 6.45) is -4.27. The molecular weight excluding hydrogens is 647 g/mol. The number of hydrogen-bond donors (Lipinski definition) is 0. The predicted octanol–water partition coefficient (Wildman–Crippen LogP) is 7.58. The molecule has 0 aliphatic heterocycles. The van der Waals surface area contributed by atoms with Crippen molar-refractivity contribution >= 4 is 28.1 Å². The van der Waals surface area contributed by atoms with Crippen LogP contribution in [0, 0.1) is 11.6 Å². The van der Waals surface area contributed by atoms with Crippen LogP contribution in [0.15, 0.2) is 83.7 Å². The lowest BCUT2D eigenvalue weighted by Crippen LogP contribution is -2.40. The molecule has 48 heavy (non-hydrogen) atoms. The van der Waals surface area contributed by atoms with Crippen molar-refractivity contribution in [2.75, 3.05) is 26.2 Å². The number of aryl methyl sites for hydroxylation is 2. The number of para-hydroxylation sites is 1. The van der Waals surface area contributed by atoms with Gasteiger partial charge in [0.05, 0.1) is 23.0 Å². The Morgan fingerprint density at radius 1 is 0.875 bits per heavy atom. The van der Waals surface area contributed by atoms with Gasteiger partial charge in [0.1, 0.15) is 12.4 Å². The molecular formula is C36H35F5N4O2S. The van der Waals surface area contributed by atoms with Crippen molar-refractivity contribution in [2.24, 2.45) is 0 Å². The van der Waals surface area contributed by atoms with Crippen molar-refractivity contribution in [1.82, 2.24) is 19.4 Å². The van der Waals surface area contributed by atoms with Crippen LogP contribution >= 0.6 is 11.3 Å². The Labute approximate surface area is 279 Å². The van der Waals surface area contributed by atoms with Crippen LogP contribution in [0.3, 0.4) is 0 Å². The summed E-state index contributed by atoms with van der Waals surface area (Å²) >= 11 is 1.40. The molecule has 0 spiro atoms. The maximum absolute atomic E-state index is 14.5. The summed E-state index contributed by atoms with van der Waals surface area (Å²) in [6.45, 7) is 6.81. The van der Waals surface area contributed by atoms with E-state index in [1.54, 1.807) is 33.7 Å². The number of carbonyl (C=O) groups excluding carboxylic acids is 1. The molecule has 0 atom stereocenters. The first-order valence-corrected chi connectivity index (χ1v) is 16.5. The van der Waals surface area contributed by atoms with Crippen LogP contribution in [0.25, 0.3) is 21.3 Å². The van der Waals surface area contributed by atoms with Gasteiger partial charge in [-0.2, -0.15) is 18.2 Å². The molecule has 0 saturated carbocycles. The van der Waals surface area contributed by atoms with Gasteiger partial charge in [-0.1, -0.05) is 50.2 Å². The third kappa shape index (κ3) is 8.16. The molecule has 0 radical (unpaired) electrons. The van der Waals surface area contributed by atoms with Crippen LogP contribution in [-0.4, -0.2) is 51.4 Å². The zero-order chi connectivity index (χ0) is 34.4. The largest absolute Gasteiger partial charge is 0.416 e. The summed E-state index contributed by atoms with van der Waals surface area (Å²) in [5.74, 6) is -1.89. The Morgan fingerprint density at radius 3 is 2.31 bits per heavy atom. The van der Waals surface area contributed by atoms with Crippen LogP contribution in [0.4, 0.5) is 22.0 Å². The summed E-state index contributed by atoms with van der Waals surface area (Å²) in [4.78, 5) is 36.9. The van der Waals surface area contributed by atoms with E-state index >= 15 is 0 Å². The molecule has 12 heteroatoms. The highest BCUT2D eigenvalue weighted by molar-refractivity contribution is 7.15. The zero-order valence-corrected chi connectivity index (χ0v) is 27.4. The summed E-state index contributed by atoms with van der Waals surface area (Å²) in [5.41, 5.74) is 0.0889. The normalized spacial score (nSPS) is 11.8. The minimum atomic E-state index is -4.42. The first kappa shape index (κ1) is 34.9. The lowest BCUT2D eigenvalue weighted by Gasteiger charge is -2.27. The lowest BCUT2D eigenvalue weighted by atomic mass is 10.1. The number of benzene rings is 3. The van der Waals surface area contributed by atoms with Gasteiger partial charge < -0.3 is 14.4 Å². The van der Waals surface area contributed by atoms with Gasteiger partial charge in [-0.15, -0.1) is 11.3 Å². The number of aromatic nitrogens is 2. The molecule has 0 fully saturated rings. The monoisotopic (exact) mass is 682 g/mol. The van der Waals surface area contributed by atoms with Gasteiger partial charge in [0.25, 0.3) is 5.56 Å². The fraction of sp³-hybridized carbons (Fsp3) is 0.306. The summed E-state index contributed by atoms with van der Waals surface area (Å²) in [5, 5.41) is 0.333. The molecule has 2 aromatic heterocycles. The molecule has 5 rings (SSSR count). The van der Waals surface area contributed by atoms with Gasteiger partial charge in [0.2, 0.25) is 5.91 Å². The highest BCUT2D eigenvalue weighted by Gasteiger charge is 2.30. The highest BCUT2D eigenvalue weighted by atomic mass is 32.1. The Bertz CT molecular complexity index is 1930. The van der Waals surface area contributed by atoms with E-state index in [-0.39, 0.29) is 43.2 Å². The predicted molar refractivity (Wildman–Crippen MR) is 178 cm³/mol. The Hall–Kier alpha value is -4.42. The van der Waals surface area contributed by atoms with Crippen molar-refractivity contribution < 1.29 is 26.7 Å². The van der Waals surface area contributed by atoms with Gasteiger partial charge in [0, 0.05) is 29.3 Å². The van der Waals surface area contributed by atoms with Gasteiger partial charge in [-0.25, -0.2) is 8.78 Å². The van der Waals surface area contributed by atoms with Gasteiger partial charge in [0.15, 0.2) is 11.6 Å². The number of nitrogens with zero attached hydrogens (tertiary/aromatic N) is 4. The number of carbonyl (C=O) groups is 1. The molecule has 3 aromatic carbocycles. The maximum Gasteiger partial charge on any atom is 0.416 e. The second kappa shape index (κ2) is 15.2. The molecule has 0 bridgehead atoms. The van der Waals surface area contributed by atoms with Crippen molar-refractivity contribution in [2.45, 2.75) is 46.0 Å². The second-order valence-corrected chi connectivity index (χ2v) is 12.5. The third-order valence-corrected chi connectivity index (χ3v) is 9.47. The number of amides is 1.